The fourth-order valence-electron chi connectivity index (χ4n) is 3.94. The topological polar surface area (TPSA) is 79.6 Å². The lowest BCUT2D eigenvalue weighted by Gasteiger charge is -2.26. The summed E-state index contributed by atoms with van der Waals surface area (Å²) in [7, 11) is 1.63. The molecular weight excluding hydrogens is 316 g/mol. The number of carbonyl (C=O) groups excluding carboxylic acids is 1. The van der Waals surface area contributed by atoms with Crippen molar-refractivity contribution in [3.63, 3.8) is 0 Å². The van der Waals surface area contributed by atoms with Gasteiger partial charge in [-0.1, -0.05) is 30.3 Å². The lowest BCUT2D eigenvalue weighted by atomic mass is 10.1. The number of carbonyl (C=O) groups is 1. The largest absolute Gasteiger partial charge is 0.379 e. The van der Waals surface area contributed by atoms with Crippen LogP contribution in [0.25, 0.3) is 0 Å². The molecule has 0 bridgehead atoms. The van der Waals surface area contributed by atoms with E-state index in [0.717, 1.165) is 25.9 Å². The monoisotopic (exact) mass is 346 g/mol. The maximum Gasteiger partial charge on any atom is 0.239 e. The van der Waals surface area contributed by atoms with Gasteiger partial charge in [-0.05, 0) is 31.4 Å². The Morgan fingerprint density at radius 2 is 2.20 bits per heavy atom. The summed E-state index contributed by atoms with van der Waals surface area (Å²) in [6.07, 6.45) is 3.74. The number of methoxy groups -OCH3 is 1. The number of amides is 1. The SMILES string of the molecule is COC1CC(N)NC1C(=O)NCC1CCCN1CCc1ccccc1. The number of ether oxygens (including phenoxy) is 1. The third kappa shape index (κ3) is 4.79. The molecular formula is C19H30N4O2. The second-order valence-corrected chi connectivity index (χ2v) is 7.07. The van der Waals surface area contributed by atoms with Crippen molar-refractivity contribution in [3.8, 4) is 0 Å². The molecule has 4 unspecified atom stereocenters. The number of rotatable bonds is 7. The lowest BCUT2D eigenvalue weighted by molar-refractivity contribution is -0.125. The van der Waals surface area contributed by atoms with Crippen LogP contribution in [0, 0.1) is 0 Å². The number of nitrogens with one attached hydrogen (secondary N) is 2. The highest BCUT2D eigenvalue weighted by Gasteiger charge is 2.37. The zero-order valence-corrected chi connectivity index (χ0v) is 15.0. The first-order chi connectivity index (χ1) is 12.2. The van der Waals surface area contributed by atoms with Crippen molar-refractivity contribution in [1.82, 2.24) is 15.5 Å². The summed E-state index contributed by atoms with van der Waals surface area (Å²) in [6, 6.07) is 10.6. The maximum atomic E-state index is 12.5. The van der Waals surface area contributed by atoms with E-state index in [1.54, 1.807) is 7.11 Å². The van der Waals surface area contributed by atoms with Crippen molar-refractivity contribution in [3.05, 3.63) is 35.9 Å². The molecule has 0 aliphatic carbocycles. The first kappa shape index (κ1) is 18.3. The Kier molecular flexibility index (Phi) is 6.42. The van der Waals surface area contributed by atoms with Crippen LogP contribution in [-0.4, -0.2) is 61.9 Å². The number of likely N-dealkylation sites (tertiary alicyclic amines) is 1. The van der Waals surface area contributed by atoms with Gasteiger partial charge in [0.15, 0.2) is 0 Å². The summed E-state index contributed by atoms with van der Waals surface area (Å²) in [4.78, 5) is 15.0. The predicted octanol–water partition coefficient (Wildman–Crippen LogP) is 0.471. The number of benzene rings is 1. The van der Waals surface area contributed by atoms with Gasteiger partial charge >= 0.3 is 0 Å². The van der Waals surface area contributed by atoms with Gasteiger partial charge in [0.2, 0.25) is 5.91 Å². The van der Waals surface area contributed by atoms with Gasteiger partial charge in [0.05, 0.1) is 12.3 Å². The van der Waals surface area contributed by atoms with E-state index in [1.807, 2.05) is 6.07 Å². The minimum Gasteiger partial charge on any atom is -0.379 e. The Labute approximate surface area is 150 Å². The molecule has 0 aromatic heterocycles. The summed E-state index contributed by atoms with van der Waals surface area (Å²) >= 11 is 0. The van der Waals surface area contributed by atoms with Crippen molar-refractivity contribution in [2.75, 3.05) is 26.7 Å². The molecule has 2 saturated heterocycles. The van der Waals surface area contributed by atoms with Gasteiger partial charge in [-0.15, -0.1) is 0 Å². The van der Waals surface area contributed by atoms with E-state index in [4.69, 9.17) is 10.5 Å². The molecule has 4 atom stereocenters. The summed E-state index contributed by atoms with van der Waals surface area (Å²) in [5.41, 5.74) is 7.25. The van der Waals surface area contributed by atoms with Crippen LogP contribution in [0.4, 0.5) is 0 Å². The van der Waals surface area contributed by atoms with E-state index in [2.05, 4.69) is 39.8 Å². The lowest BCUT2D eigenvalue weighted by Crippen LogP contribution is -2.51. The minimum absolute atomic E-state index is 0.00490. The minimum atomic E-state index is -0.348. The Balaban J connectivity index is 1.46. The second-order valence-electron chi connectivity index (χ2n) is 7.07. The number of hydrogen-bond donors (Lipinski definition) is 3. The van der Waals surface area contributed by atoms with Crippen molar-refractivity contribution in [2.45, 2.75) is 50.0 Å². The van der Waals surface area contributed by atoms with Gasteiger partial charge in [-0.3, -0.25) is 15.0 Å². The van der Waals surface area contributed by atoms with Crippen LogP contribution in [0.5, 0.6) is 0 Å². The van der Waals surface area contributed by atoms with E-state index in [1.165, 1.54) is 12.0 Å². The Hall–Kier alpha value is -1.47. The van der Waals surface area contributed by atoms with Crippen LogP contribution in [0.15, 0.2) is 30.3 Å². The summed E-state index contributed by atoms with van der Waals surface area (Å²) in [5, 5.41) is 6.22. The van der Waals surface area contributed by atoms with Crippen molar-refractivity contribution in [1.29, 1.82) is 0 Å². The van der Waals surface area contributed by atoms with Gasteiger partial charge in [0, 0.05) is 32.7 Å². The van der Waals surface area contributed by atoms with Gasteiger partial charge in [-0.25, -0.2) is 0 Å². The molecule has 4 N–H and O–H groups in total. The first-order valence-electron chi connectivity index (χ1n) is 9.27. The molecule has 2 aliphatic rings. The Morgan fingerprint density at radius 1 is 1.40 bits per heavy atom. The molecule has 1 aromatic rings. The van der Waals surface area contributed by atoms with Gasteiger partial charge in [0.25, 0.3) is 0 Å². The van der Waals surface area contributed by atoms with E-state index in [-0.39, 0.29) is 24.2 Å². The van der Waals surface area contributed by atoms with Gasteiger partial charge in [-0.2, -0.15) is 0 Å². The molecule has 0 saturated carbocycles. The molecule has 1 aromatic carbocycles. The molecule has 2 heterocycles. The molecule has 0 radical (unpaired) electrons. The second kappa shape index (κ2) is 8.76. The van der Waals surface area contributed by atoms with Crippen molar-refractivity contribution < 1.29 is 9.53 Å². The fourth-order valence-corrected chi connectivity index (χ4v) is 3.94. The fraction of sp³-hybridized carbons (Fsp3) is 0.632. The number of nitrogens with zero attached hydrogens (tertiary/aromatic N) is 1. The first-order valence-corrected chi connectivity index (χ1v) is 9.27. The zero-order chi connectivity index (χ0) is 17.6. The van der Waals surface area contributed by atoms with Crippen LogP contribution in [-0.2, 0) is 16.0 Å². The molecule has 1 amide bonds. The van der Waals surface area contributed by atoms with E-state index >= 15 is 0 Å². The van der Waals surface area contributed by atoms with E-state index in [0.29, 0.717) is 19.0 Å². The van der Waals surface area contributed by atoms with Crippen LogP contribution in [0.3, 0.4) is 0 Å². The van der Waals surface area contributed by atoms with E-state index < -0.39 is 0 Å². The number of hydrogen-bond acceptors (Lipinski definition) is 5. The average molecular weight is 346 g/mol. The average Bonchev–Trinajstić information content (AvgIpc) is 3.24. The Morgan fingerprint density at radius 3 is 2.96 bits per heavy atom. The maximum absolute atomic E-state index is 12.5. The van der Waals surface area contributed by atoms with Crippen molar-refractivity contribution >= 4 is 5.91 Å². The molecule has 25 heavy (non-hydrogen) atoms. The molecule has 0 spiro atoms. The summed E-state index contributed by atoms with van der Waals surface area (Å²) in [5.74, 6) is -0.00490. The quantitative estimate of drug-likeness (QED) is 0.669. The summed E-state index contributed by atoms with van der Waals surface area (Å²) < 4.78 is 5.38. The molecule has 6 nitrogen and oxygen atoms in total. The van der Waals surface area contributed by atoms with Crippen LogP contribution >= 0.6 is 0 Å². The zero-order valence-electron chi connectivity index (χ0n) is 15.0. The third-order valence-electron chi connectivity index (χ3n) is 5.38. The normalized spacial score (nSPS) is 29.8. The summed E-state index contributed by atoms with van der Waals surface area (Å²) in [6.45, 7) is 2.84. The van der Waals surface area contributed by atoms with Crippen LogP contribution in [0.2, 0.25) is 0 Å². The molecule has 6 heteroatoms. The Bertz CT molecular complexity index is 554. The van der Waals surface area contributed by atoms with Gasteiger partial charge < -0.3 is 15.8 Å². The highest BCUT2D eigenvalue weighted by atomic mass is 16.5. The predicted molar refractivity (Wildman–Crippen MR) is 98.1 cm³/mol. The number of nitrogens with two attached hydrogens (primary N) is 1. The van der Waals surface area contributed by atoms with Crippen LogP contribution in [0.1, 0.15) is 24.8 Å². The highest BCUT2D eigenvalue weighted by Crippen LogP contribution is 2.18. The van der Waals surface area contributed by atoms with Crippen LogP contribution < -0.4 is 16.4 Å². The molecule has 138 valence electrons. The highest BCUT2D eigenvalue weighted by molar-refractivity contribution is 5.83. The van der Waals surface area contributed by atoms with E-state index in [9.17, 15) is 4.79 Å². The van der Waals surface area contributed by atoms with Crippen molar-refractivity contribution in [2.24, 2.45) is 5.73 Å². The smallest absolute Gasteiger partial charge is 0.239 e. The standard InChI is InChI=1S/C19H30N4O2/c1-25-16-12-17(20)22-18(16)19(24)21-13-15-8-5-10-23(15)11-9-14-6-3-2-4-7-14/h2-4,6-7,15-18,22H,5,8-13,20H2,1H3,(H,21,24). The molecule has 3 rings (SSSR count). The van der Waals surface area contributed by atoms with Gasteiger partial charge in [0.1, 0.15) is 6.04 Å². The molecule has 2 fully saturated rings. The third-order valence-corrected chi connectivity index (χ3v) is 5.38. The molecule has 2 aliphatic heterocycles.